The number of hydrogen-bond acceptors (Lipinski definition) is 5. The van der Waals surface area contributed by atoms with Crippen LogP contribution in [0.1, 0.15) is 11.4 Å². The largest absolute Gasteiger partial charge is 0.314 e. The SMILES string of the molecule is Cc1cc(C)nc(N(C)c2ccc(N=C=O)cc2)n1. The number of aromatic nitrogens is 2. The number of isocyanates is 1. The lowest BCUT2D eigenvalue weighted by molar-refractivity contribution is 0.565. The summed E-state index contributed by atoms with van der Waals surface area (Å²) in [7, 11) is 1.90. The summed E-state index contributed by atoms with van der Waals surface area (Å²) in [6.07, 6.45) is 1.52. The Morgan fingerprint density at radius 2 is 1.68 bits per heavy atom. The smallest absolute Gasteiger partial charge is 0.240 e. The Balaban J connectivity index is 2.32. The highest BCUT2D eigenvalue weighted by Gasteiger charge is 2.08. The van der Waals surface area contributed by atoms with Crippen molar-refractivity contribution in [3.8, 4) is 0 Å². The molecule has 0 spiro atoms. The fourth-order valence-corrected chi connectivity index (χ4v) is 1.78. The quantitative estimate of drug-likeness (QED) is 0.624. The predicted molar refractivity (Wildman–Crippen MR) is 73.8 cm³/mol. The lowest BCUT2D eigenvalue weighted by Gasteiger charge is -2.17. The van der Waals surface area contributed by atoms with Crippen LogP contribution in [-0.2, 0) is 4.79 Å². The van der Waals surface area contributed by atoms with E-state index in [0.29, 0.717) is 11.6 Å². The molecule has 0 fully saturated rings. The Morgan fingerprint density at radius 3 is 2.21 bits per heavy atom. The summed E-state index contributed by atoms with van der Waals surface area (Å²) in [6.45, 7) is 3.88. The summed E-state index contributed by atoms with van der Waals surface area (Å²) in [5.41, 5.74) is 3.36. The molecule has 0 bridgehead atoms. The average Bonchev–Trinajstić information content (AvgIpc) is 2.38. The number of benzene rings is 1. The zero-order valence-electron chi connectivity index (χ0n) is 11.1. The molecular weight excluding hydrogens is 240 g/mol. The molecule has 1 aromatic carbocycles. The molecule has 0 aliphatic carbocycles. The standard InChI is InChI=1S/C14H14N4O/c1-10-8-11(2)17-14(16-10)18(3)13-6-4-12(5-7-13)15-9-19/h4-8H,1-3H3. The molecule has 2 rings (SSSR count). The van der Waals surface area contributed by atoms with Crippen LogP contribution in [0.25, 0.3) is 0 Å². The van der Waals surface area contributed by atoms with E-state index in [2.05, 4.69) is 15.0 Å². The minimum Gasteiger partial charge on any atom is -0.314 e. The summed E-state index contributed by atoms with van der Waals surface area (Å²) in [5, 5.41) is 0. The minimum absolute atomic E-state index is 0.577. The Kier molecular flexibility index (Phi) is 3.68. The van der Waals surface area contributed by atoms with E-state index in [-0.39, 0.29) is 0 Å². The molecule has 96 valence electrons. The van der Waals surface area contributed by atoms with Crippen molar-refractivity contribution >= 4 is 23.4 Å². The molecule has 5 nitrogen and oxygen atoms in total. The maximum atomic E-state index is 10.2. The molecule has 0 aliphatic heterocycles. The monoisotopic (exact) mass is 254 g/mol. The van der Waals surface area contributed by atoms with Gasteiger partial charge in [-0.3, -0.25) is 0 Å². The molecule has 19 heavy (non-hydrogen) atoms. The first-order valence-corrected chi connectivity index (χ1v) is 5.84. The summed E-state index contributed by atoms with van der Waals surface area (Å²) in [5.74, 6) is 0.643. The van der Waals surface area contributed by atoms with Gasteiger partial charge in [0.1, 0.15) is 0 Å². The van der Waals surface area contributed by atoms with Crippen LogP contribution in [0.15, 0.2) is 35.3 Å². The van der Waals surface area contributed by atoms with Crippen LogP contribution in [0.3, 0.4) is 0 Å². The van der Waals surface area contributed by atoms with Crippen molar-refractivity contribution in [3.63, 3.8) is 0 Å². The molecule has 0 saturated heterocycles. The normalized spacial score (nSPS) is 9.84. The van der Waals surface area contributed by atoms with Crippen molar-refractivity contribution in [2.45, 2.75) is 13.8 Å². The highest BCUT2D eigenvalue weighted by atomic mass is 16.1. The molecule has 0 radical (unpaired) electrons. The Labute approximate surface area is 111 Å². The maximum absolute atomic E-state index is 10.2. The van der Waals surface area contributed by atoms with Gasteiger partial charge in [-0.1, -0.05) is 0 Å². The van der Waals surface area contributed by atoms with E-state index < -0.39 is 0 Å². The first-order valence-electron chi connectivity index (χ1n) is 5.84. The molecule has 1 aromatic heterocycles. The van der Waals surface area contributed by atoms with Gasteiger partial charge in [0.2, 0.25) is 12.0 Å². The first-order chi connectivity index (χ1) is 9.10. The van der Waals surface area contributed by atoms with Crippen molar-refractivity contribution in [3.05, 3.63) is 41.7 Å². The van der Waals surface area contributed by atoms with Gasteiger partial charge >= 0.3 is 0 Å². The van der Waals surface area contributed by atoms with Crippen molar-refractivity contribution in [1.82, 2.24) is 9.97 Å². The number of nitrogens with zero attached hydrogens (tertiary/aromatic N) is 4. The fraction of sp³-hybridized carbons (Fsp3) is 0.214. The maximum Gasteiger partial charge on any atom is 0.240 e. The van der Waals surface area contributed by atoms with Crippen LogP contribution in [0.2, 0.25) is 0 Å². The zero-order chi connectivity index (χ0) is 13.8. The molecule has 2 aromatic rings. The number of aryl methyl sites for hydroxylation is 2. The number of hydrogen-bond donors (Lipinski definition) is 0. The third-order valence-electron chi connectivity index (χ3n) is 2.68. The van der Waals surface area contributed by atoms with E-state index in [1.54, 1.807) is 12.1 Å². The van der Waals surface area contributed by atoms with Crippen LogP contribution < -0.4 is 4.90 Å². The molecule has 0 aliphatic rings. The lowest BCUT2D eigenvalue weighted by atomic mass is 10.2. The summed E-state index contributed by atoms with van der Waals surface area (Å²) in [6, 6.07) is 9.15. The van der Waals surface area contributed by atoms with E-state index in [0.717, 1.165) is 17.1 Å². The minimum atomic E-state index is 0.577. The first kappa shape index (κ1) is 12.9. The van der Waals surface area contributed by atoms with Crippen LogP contribution in [0, 0.1) is 13.8 Å². The molecule has 0 amide bonds. The fourth-order valence-electron chi connectivity index (χ4n) is 1.78. The molecule has 0 atom stereocenters. The van der Waals surface area contributed by atoms with Gasteiger partial charge in [-0.15, -0.1) is 0 Å². The highest BCUT2D eigenvalue weighted by molar-refractivity contribution is 5.60. The van der Waals surface area contributed by atoms with Gasteiger partial charge in [-0.25, -0.2) is 14.8 Å². The van der Waals surface area contributed by atoms with Crippen LogP contribution >= 0.6 is 0 Å². The third-order valence-corrected chi connectivity index (χ3v) is 2.68. The molecule has 1 heterocycles. The van der Waals surface area contributed by atoms with E-state index in [4.69, 9.17) is 0 Å². The molecule has 0 unspecified atom stereocenters. The van der Waals surface area contributed by atoms with E-state index in [1.807, 2.05) is 44.0 Å². The van der Waals surface area contributed by atoms with Gasteiger partial charge in [0.25, 0.3) is 0 Å². The Hall–Kier alpha value is -2.52. The molecule has 5 heteroatoms. The Bertz CT molecular complexity index is 610. The second kappa shape index (κ2) is 5.42. The van der Waals surface area contributed by atoms with Gasteiger partial charge in [0.15, 0.2) is 0 Å². The predicted octanol–water partition coefficient (Wildman–Crippen LogP) is 2.83. The van der Waals surface area contributed by atoms with Crippen molar-refractivity contribution < 1.29 is 4.79 Å². The summed E-state index contributed by atoms with van der Waals surface area (Å²) < 4.78 is 0. The van der Waals surface area contributed by atoms with Crippen molar-refractivity contribution in [2.24, 2.45) is 4.99 Å². The average molecular weight is 254 g/mol. The van der Waals surface area contributed by atoms with Crippen LogP contribution in [0.4, 0.5) is 17.3 Å². The van der Waals surface area contributed by atoms with Crippen LogP contribution in [-0.4, -0.2) is 23.1 Å². The number of aliphatic imine (C=N–C) groups is 1. The number of anilines is 2. The lowest BCUT2D eigenvalue weighted by Crippen LogP contribution is -2.13. The van der Waals surface area contributed by atoms with Gasteiger partial charge in [-0.05, 0) is 44.2 Å². The summed E-state index contributed by atoms with van der Waals surface area (Å²) >= 11 is 0. The number of rotatable bonds is 3. The van der Waals surface area contributed by atoms with Crippen molar-refractivity contribution in [2.75, 3.05) is 11.9 Å². The van der Waals surface area contributed by atoms with Crippen molar-refractivity contribution in [1.29, 1.82) is 0 Å². The third kappa shape index (κ3) is 3.03. The summed E-state index contributed by atoms with van der Waals surface area (Å²) in [4.78, 5) is 24.4. The molecule has 0 saturated carbocycles. The topological polar surface area (TPSA) is 58.5 Å². The molecule has 0 N–H and O–H groups in total. The van der Waals surface area contributed by atoms with Gasteiger partial charge in [-0.2, -0.15) is 4.99 Å². The second-order valence-corrected chi connectivity index (χ2v) is 4.23. The van der Waals surface area contributed by atoms with Gasteiger partial charge in [0, 0.05) is 24.1 Å². The highest BCUT2D eigenvalue weighted by Crippen LogP contribution is 2.23. The van der Waals surface area contributed by atoms with E-state index >= 15 is 0 Å². The van der Waals surface area contributed by atoms with Gasteiger partial charge in [0.05, 0.1) is 5.69 Å². The Morgan fingerprint density at radius 1 is 1.11 bits per heavy atom. The van der Waals surface area contributed by atoms with E-state index in [1.165, 1.54) is 6.08 Å². The van der Waals surface area contributed by atoms with Crippen LogP contribution in [0.5, 0.6) is 0 Å². The van der Waals surface area contributed by atoms with Gasteiger partial charge < -0.3 is 4.90 Å². The van der Waals surface area contributed by atoms with E-state index in [9.17, 15) is 4.79 Å². The zero-order valence-corrected chi connectivity index (χ0v) is 11.1. The molecular formula is C14H14N4O. The number of carbonyl (C=O) groups excluding carboxylic acids is 1. The second-order valence-electron chi connectivity index (χ2n) is 4.23.